The van der Waals surface area contributed by atoms with E-state index in [0.29, 0.717) is 39.1 Å². The molecule has 0 radical (unpaired) electrons. The summed E-state index contributed by atoms with van der Waals surface area (Å²) in [4.78, 5) is 36.9. The molecule has 34 heavy (non-hydrogen) atoms. The van der Waals surface area contributed by atoms with Crippen LogP contribution in [0.15, 0.2) is 36.4 Å². The van der Waals surface area contributed by atoms with Crippen molar-refractivity contribution in [2.75, 3.05) is 19.7 Å². The Morgan fingerprint density at radius 2 is 1.94 bits per heavy atom. The number of nitrogens with zero attached hydrogens (tertiary/aromatic N) is 3. The number of piperidine rings is 1. The number of carboxylic acid groups (broad SMARTS) is 1. The molecule has 0 spiro atoms. The minimum Gasteiger partial charge on any atom is -0.491 e. The highest BCUT2D eigenvalue weighted by Gasteiger charge is 2.47. The number of aryl methyl sites for hydroxylation is 1. The van der Waals surface area contributed by atoms with Crippen LogP contribution in [0.1, 0.15) is 44.0 Å². The summed E-state index contributed by atoms with van der Waals surface area (Å²) in [7, 11) is 0. The molecule has 2 N–H and O–H groups in total. The monoisotopic (exact) mass is 462 g/mol. The van der Waals surface area contributed by atoms with Gasteiger partial charge in [-0.05, 0) is 68.0 Å². The lowest BCUT2D eigenvalue weighted by Gasteiger charge is -2.45. The first-order valence-corrected chi connectivity index (χ1v) is 11.9. The van der Waals surface area contributed by atoms with Crippen LogP contribution in [-0.4, -0.2) is 62.1 Å². The number of amides is 2. The van der Waals surface area contributed by atoms with Crippen LogP contribution in [0.25, 0.3) is 22.2 Å². The van der Waals surface area contributed by atoms with E-state index >= 15 is 0 Å². The number of likely N-dealkylation sites (tertiary alicyclic amines) is 1. The molecule has 2 aliphatic rings. The van der Waals surface area contributed by atoms with Crippen molar-refractivity contribution in [2.45, 2.75) is 51.6 Å². The van der Waals surface area contributed by atoms with Crippen molar-refractivity contribution in [3.8, 4) is 16.9 Å². The topological polar surface area (TPSA) is 98.8 Å². The number of H-pyrrole nitrogens is 1. The maximum Gasteiger partial charge on any atom is 0.329 e. The van der Waals surface area contributed by atoms with Gasteiger partial charge in [0.25, 0.3) is 0 Å². The Labute approximate surface area is 198 Å². The Hall–Kier alpha value is -3.55. The van der Waals surface area contributed by atoms with Gasteiger partial charge in [-0.3, -0.25) is 0 Å². The molecule has 8 nitrogen and oxygen atoms in total. The third-order valence-electron chi connectivity index (χ3n) is 7.20. The highest BCUT2D eigenvalue weighted by atomic mass is 16.5. The molecule has 3 heterocycles. The number of hydrogen-bond donors (Lipinski definition) is 2. The summed E-state index contributed by atoms with van der Waals surface area (Å²) in [6.45, 7) is 5.42. The zero-order valence-corrected chi connectivity index (χ0v) is 19.6. The molecule has 0 aliphatic carbocycles. The summed E-state index contributed by atoms with van der Waals surface area (Å²) in [6.07, 6.45) is 2.53. The van der Waals surface area contributed by atoms with Crippen LogP contribution in [0.2, 0.25) is 0 Å². The number of carbonyl (C=O) groups is 2. The van der Waals surface area contributed by atoms with Gasteiger partial charge < -0.3 is 24.6 Å². The number of aromatic amines is 1. The van der Waals surface area contributed by atoms with Crippen molar-refractivity contribution in [1.82, 2.24) is 19.8 Å². The highest BCUT2D eigenvalue weighted by Crippen LogP contribution is 2.35. The number of nitrogens with one attached hydrogen (secondary N) is 1. The number of hydrogen-bond acceptors (Lipinski definition) is 4. The second kappa shape index (κ2) is 8.66. The van der Waals surface area contributed by atoms with Crippen molar-refractivity contribution in [3.63, 3.8) is 0 Å². The average molecular weight is 463 g/mol. The minimum absolute atomic E-state index is 0.222. The van der Waals surface area contributed by atoms with Gasteiger partial charge in [-0.1, -0.05) is 19.1 Å². The number of rotatable bonds is 3. The minimum atomic E-state index is -1.13. The zero-order chi connectivity index (χ0) is 23.9. The summed E-state index contributed by atoms with van der Waals surface area (Å²) in [5.74, 6) is 0.719. The molecule has 1 saturated heterocycles. The highest BCUT2D eigenvalue weighted by molar-refractivity contribution is 5.87. The molecule has 3 aromatic rings. The third kappa shape index (κ3) is 3.77. The quantitative estimate of drug-likeness (QED) is 0.594. The number of urea groups is 1. The number of carbonyl (C=O) groups excluding carboxylic acids is 1. The second-order valence-corrected chi connectivity index (χ2v) is 9.23. The SMILES string of the molecule is CCC1(C(=O)O)CCCCN1C(=O)N1CCOc2ccc(-c3ccc4nc(C)[nH]c4c3)cc2C1. The molecule has 178 valence electrons. The van der Waals surface area contributed by atoms with Gasteiger partial charge in [0.1, 0.15) is 23.7 Å². The van der Waals surface area contributed by atoms with Gasteiger partial charge in [-0.2, -0.15) is 0 Å². The maximum atomic E-state index is 13.6. The molecule has 5 rings (SSSR count). The normalized spacial score (nSPS) is 20.5. The average Bonchev–Trinajstić information content (AvgIpc) is 3.08. The standard InChI is InChI=1S/C26H30N4O4/c1-3-26(24(31)32)10-4-5-11-30(26)25(33)29-12-13-34-23-9-7-18(14-20(23)16-29)19-6-8-21-22(15-19)28-17(2)27-21/h6-9,14-15H,3-5,10-13,16H2,1-2H3,(H,27,28)(H,31,32). The van der Waals surface area contributed by atoms with E-state index in [0.717, 1.165) is 52.1 Å². The molecule has 0 saturated carbocycles. The number of fused-ring (bicyclic) bond motifs is 2. The van der Waals surface area contributed by atoms with Crippen LogP contribution in [0.3, 0.4) is 0 Å². The van der Waals surface area contributed by atoms with E-state index in [2.05, 4.69) is 22.1 Å². The van der Waals surface area contributed by atoms with Gasteiger partial charge in [0.05, 0.1) is 24.1 Å². The summed E-state index contributed by atoms with van der Waals surface area (Å²) < 4.78 is 5.96. The molecule has 2 amide bonds. The van der Waals surface area contributed by atoms with Crippen molar-refractivity contribution >= 4 is 23.0 Å². The molecule has 1 atom stereocenters. The van der Waals surface area contributed by atoms with E-state index < -0.39 is 11.5 Å². The van der Waals surface area contributed by atoms with Gasteiger partial charge in [-0.15, -0.1) is 0 Å². The first-order valence-electron chi connectivity index (χ1n) is 11.9. The number of aliphatic carboxylic acids is 1. The zero-order valence-electron chi connectivity index (χ0n) is 19.6. The summed E-state index contributed by atoms with van der Waals surface area (Å²) in [6, 6.07) is 11.9. The number of carboxylic acids is 1. The van der Waals surface area contributed by atoms with E-state index in [1.807, 2.05) is 38.1 Å². The maximum absolute atomic E-state index is 13.6. The summed E-state index contributed by atoms with van der Waals surface area (Å²) in [5.41, 5.74) is 3.76. The first-order chi connectivity index (χ1) is 16.4. The second-order valence-electron chi connectivity index (χ2n) is 9.23. The number of benzene rings is 2. The molecular formula is C26H30N4O4. The molecule has 1 unspecified atom stereocenters. The summed E-state index contributed by atoms with van der Waals surface area (Å²) in [5, 5.41) is 10.0. The van der Waals surface area contributed by atoms with Crippen LogP contribution in [0, 0.1) is 6.92 Å². The summed E-state index contributed by atoms with van der Waals surface area (Å²) >= 11 is 0. The Bertz CT molecular complexity index is 1250. The van der Waals surface area contributed by atoms with Gasteiger partial charge in [0, 0.05) is 12.1 Å². The lowest BCUT2D eigenvalue weighted by molar-refractivity contribution is -0.152. The molecule has 8 heteroatoms. The van der Waals surface area contributed by atoms with E-state index in [1.54, 1.807) is 9.80 Å². The molecular weight excluding hydrogens is 432 g/mol. The Balaban J connectivity index is 1.44. The van der Waals surface area contributed by atoms with E-state index in [-0.39, 0.29) is 6.03 Å². The molecule has 0 bridgehead atoms. The van der Waals surface area contributed by atoms with Crippen LogP contribution < -0.4 is 4.74 Å². The Morgan fingerprint density at radius 1 is 1.15 bits per heavy atom. The van der Waals surface area contributed by atoms with Gasteiger partial charge >= 0.3 is 12.0 Å². The van der Waals surface area contributed by atoms with Crippen LogP contribution in [0.4, 0.5) is 4.79 Å². The number of ether oxygens (including phenoxy) is 1. The van der Waals surface area contributed by atoms with E-state index in [9.17, 15) is 14.7 Å². The van der Waals surface area contributed by atoms with Gasteiger partial charge in [0.2, 0.25) is 0 Å². The van der Waals surface area contributed by atoms with E-state index in [4.69, 9.17) is 4.74 Å². The van der Waals surface area contributed by atoms with Crippen molar-refractivity contribution in [1.29, 1.82) is 0 Å². The fourth-order valence-corrected chi connectivity index (χ4v) is 5.28. The molecule has 2 aromatic carbocycles. The number of aromatic nitrogens is 2. The fourth-order valence-electron chi connectivity index (χ4n) is 5.28. The largest absolute Gasteiger partial charge is 0.491 e. The van der Waals surface area contributed by atoms with Crippen LogP contribution >= 0.6 is 0 Å². The van der Waals surface area contributed by atoms with Crippen molar-refractivity contribution in [3.05, 3.63) is 47.8 Å². The van der Waals surface area contributed by atoms with Crippen LogP contribution in [0.5, 0.6) is 5.75 Å². The van der Waals surface area contributed by atoms with Gasteiger partial charge in [0.15, 0.2) is 0 Å². The van der Waals surface area contributed by atoms with Gasteiger partial charge in [-0.25, -0.2) is 14.6 Å². The lowest BCUT2D eigenvalue weighted by Crippen LogP contribution is -2.62. The molecule has 2 aliphatic heterocycles. The molecule has 1 aromatic heterocycles. The smallest absolute Gasteiger partial charge is 0.329 e. The van der Waals surface area contributed by atoms with Crippen molar-refractivity contribution < 1.29 is 19.4 Å². The third-order valence-corrected chi connectivity index (χ3v) is 7.20. The van der Waals surface area contributed by atoms with E-state index in [1.165, 1.54) is 0 Å². The first kappa shape index (κ1) is 22.3. The Kier molecular flexibility index (Phi) is 5.67. The fraction of sp³-hybridized carbons (Fsp3) is 0.423. The predicted octanol–water partition coefficient (Wildman–Crippen LogP) is 4.57. The predicted molar refractivity (Wildman–Crippen MR) is 129 cm³/mol. The van der Waals surface area contributed by atoms with Crippen molar-refractivity contribution in [2.24, 2.45) is 0 Å². The lowest BCUT2D eigenvalue weighted by atomic mass is 9.84. The number of imidazole rings is 1. The molecule has 1 fully saturated rings. The van der Waals surface area contributed by atoms with Crippen LogP contribution in [-0.2, 0) is 11.3 Å². The Morgan fingerprint density at radius 3 is 2.74 bits per heavy atom.